The SMILES string of the molecule is [CH2]C(C)N(CCC)CCC. The van der Waals surface area contributed by atoms with Gasteiger partial charge in [-0.05, 0) is 39.8 Å². The molecule has 0 amide bonds. The van der Waals surface area contributed by atoms with Crippen molar-refractivity contribution in [3.8, 4) is 0 Å². The fourth-order valence-corrected chi connectivity index (χ4v) is 1.13. The maximum absolute atomic E-state index is 4.00. The van der Waals surface area contributed by atoms with Crippen molar-refractivity contribution in [2.45, 2.75) is 39.7 Å². The van der Waals surface area contributed by atoms with Gasteiger partial charge in [0.2, 0.25) is 0 Å². The van der Waals surface area contributed by atoms with Crippen molar-refractivity contribution in [3.63, 3.8) is 0 Å². The van der Waals surface area contributed by atoms with E-state index in [0.29, 0.717) is 6.04 Å². The Morgan fingerprint density at radius 2 is 1.60 bits per heavy atom. The summed E-state index contributed by atoms with van der Waals surface area (Å²) in [4.78, 5) is 2.42. The first kappa shape index (κ1) is 9.96. The Kier molecular flexibility index (Phi) is 5.70. The molecule has 1 radical (unpaired) electrons. The zero-order valence-corrected chi connectivity index (χ0v) is 7.56. The van der Waals surface area contributed by atoms with Gasteiger partial charge in [-0.2, -0.15) is 0 Å². The smallest absolute Gasteiger partial charge is 0.00675 e. The summed E-state index contributed by atoms with van der Waals surface area (Å²) in [5.74, 6) is 0. The lowest BCUT2D eigenvalue weighted by molar-refractivity contribution is 0.240. The molecule has 0 saturated heterocycles. The highest BCUT2D eigenvalue weighted by atomic mass is 15.1. The number of hydrogen-bond acceptors (Lipinski definition) is 1. The van der Waals surface area contributed by atoms with Crippen LogP contribution in [0.3, 0.4) is 0 Å². The van der Waals surface area contributed by atoms with Crippen molar-refractivity contribution < 1.29 is 0 Å². The van der Waals surface area contributed by atoms with E-state index in [4.69, 9.17) is 0 Å². The van der Waals surface area contributed by atoms with Crippen LogP contribution in [0.5, 0.6) is 0 Å². The van der Waals surface area contributed by atoms with Crippen molar-refractivity contribution in [3.05, 3.63) is 6.92 Å². The fraction of sp³-hybridized carbons (Fsp3) is 0.889. The maximum Gasteiger partial charge on any atom is 0.00675 e. The number of hydrogen-bond donors (Lipinski definition) is 0. The highest BCUT2D eigenvalue weighted by molar-refractivity contribution is 4.67. The van der Waals surface area contributed by atoms with Gasteiger partial charge in [-0.15, -0.1) is 0 Å². The van der Waals surface area contributed by atoms with E-state index in [1.54, 1.807) is 0 Å². The van der Waals surface area contributed by atoms with Crippen LogP contribution < -0.4 is 0 Å². The predicted molar refractivity (Wildman–Crippen MR) is 47.0 cm³/mol. The van der Waals surface area contributed by atoms with Gasteiger partial charge in [0.15, 0.2) is 0 Å². The molecule has 0 aromatic heterocycles. The van der Waals surface area contributed by atoms with Gasteiger partial charge in [0.05, 0.1) is 0 Å². The van der Waals surface area contributed by atoms with Gasteiger partial charge < -0.3 is 4.90 Å². The van der Waals surface area contributed by atoms with E-state index in [-0.39, 0.29) is 0 Å². The monoisotopic (exact) mass is 142 g/mol. The van der Waals surface area contributed by atoms with Crippen LogP contribution in [-0.2, 0) is 0 Å². The van der Waals surface area contributed by atoms with E-state index in [1.165, 1.54) is 25.9 Å². The Morgan fingerprint density at radius 1 is 1.20 bits per heavy atom. The standard InChI is InChI=1S/C9H20N/c1-5-7-10(8-6-2)9(3)4/h9H,3,5-8H2,1-2,4H3. The minimum Gasteiger partial charge on any atom is -0.301 e. The first-order valence-electron chi connectivity index (χ1n) is 4.29. The lowest BCUT2D eigenvalue weighted by Crippen LogP contribution is -2.32. The van der Waals surface area contributed by atoms with Gasteiger partial charge in [-0.25, -0.2) is 0 Å². The van der Waals surface area contributed by atoms with Crippen LogP contribution in [0.4, 0.5) is 0 Å². The van der Waals surface area contributed by atoms with Gasteiger partial charge in [0, 0.05) is 6.04 Å². The summed E-state index contributed by atoms with van der Waals surface area (Å²) in [5.41, 5.74) is 0. The van der Waals surface area contributed by atoms with Crippen LogP contribution in [0.15, 0.2) is 0 Å². The van der Waals surface area contributed by atoms with E-state index >= 15 is 0 Å². The summed E-state index contributed by atoms with van der Waals surface area (Å²) >= 11 is 0. The van der Waals surface area contributed by atoms with Crippen LogP contribution in [0.1, 0.15) is 33.6 Å². The summed E-state index contributed by atoms with van der Waals surface area (Å²) in [6, 6.07) is 0.472. The van der Waals surface area contributed by atoms with E-state index in [9.17, 15) is 0 Å². The molecule has 0 spiro atoms. The van der Waals surface area contributed by atoms with E-state index in [1.807, 2.05) is 0 Å². The summed E-state index contributed by atoms with van der Waals surface area (Å²) < 4.78 is 0. The van der Waals surface area contributed by atoms with Crippen LogP contribution >= 0.6 is 0 Å². The van der Waals surface area contributed by atoms with E-state index < -0.39 is 0 Å². The lowest BCUT2D eigenvalue weighted by Gasteiger charge is -2.24. The fourth-order valence-electron chi connectivity index (χ4n) is 1.13. The highest BCUT2D eigenvalue weighted by Gasteiger charge is 2.04. The molecule has 10 heavy (non-hydrogen) atoms. The molecule has 1 nitrogen and oxygen atoms in total. The normalized spacial score (nSPS) is 11.4. The molecule has 0 aromatic rings. The van der Waals surface area contributed by atoms with Crippen molar-refractivity contribution in [2.24, 2.45) is 0 Å². The average molecular weight is 142 g/mol. The minimum absolute atomic E-state index is 0.472. The van der Waals surface area contributed by atoms with Gasteiger partial charge in [0.1, 0.15) is 0 Å². The molecule has 0 heterocycles. The second-order valence-corrected chi connectivity index (χ2v) is 2.88. The molecule has 0 aliphatic heterocycles. The molecule has 0 fully saturated rings. The number of rotatable bonds is 5. The van der Waals surface area contributed by atoms with E-state index in [0.717, 1.165) is 0 Å². The van der Waals surface area contributed by atoms with E-state index in [2.05, 4.69) is 32.6 Å². The maximum atomic E-state index is 4.00. The van der Waals surface area contributed by atoms with Crippen molar-refractivity contribution in [2.75, 3.05) is 13.1 Å². The van der Waals surface area contributed by atoms with Gasteiger partial charge in [-0.1, -0.05) is 13.8 Å². The third-order valence-corrected chi connectivity index (χ3v) is 1.64. The summed E-state index contributed by atoms with van der Waals surface area (Å²) in [5, 5.41) is 0. The minimum atomic E-state index is 0.472. The van der Waals surface area contributed by atoms with Gasteiger partial charge in [-0.3, -0.25) is 0 Å². The Labute approximate surface area is 65.4 Å². The Morgan fingerprint density at radius 3 is 1.80 bits per heavy atom. The summed E-state index contributed by atoms with van der Waals surface area (Å²) in [6.45, 7) is 13.0. The molecular formula is C9H20N. The largest absolute Gasteiger partial charge is 0.301 e. The highest BCUT2D eigenvalue weighted by Crippen LogP contribution is 1.99. The lowest BCUT2D eigenvalue weighted by atomic mass is 10.3. The van der Waals surface area contributed by atoms with Crippen LogP contribution in [0.25, 0.3) is 0 Å². The second kappa shape index (κ2) is 5.72. The van der Waals surface area contributed by atoms with Crippen molar-refractivity contribution >= 4 is 0 Å². The molecule has 0 aliphatic carbocycles. The van der Waals surface area contributed by atoms with Crippen LogP contribution in [0, 0.1) is 6.92 Å². The third-order valence-electron chi connectivity index (χ3n) is 1.64. The quantitative estimate of drug-likeness (QED) is 0.569. The molecule has 1 unspecified atom stereocenters. The summed E-state index contributed by atoms with van der Waals surface area (Å²) in [6.07, 6.45) is 2.47. The summed E-state index contributed by atoms with van der Waals surface area (Å²) in [7, 11) is 0. The molecule has 0 bridgehead atoms. The Balaban J connectivity index is 3.50. The first-order chi connectivity index (χ1) is 4.72. The Hall–Kier alpha value is -0.0400. The van der Waals surface area contributed by atoms with Crippen LogP contribution in [-0.4, -0.2) is 24.0 Å². The second-order valence-electron chi connectivity index (χ2n) is 2.88. The molecule has 0 N–H and O–H groups in total. The molecule has 0 rings (SSSR count). The number of nitrogens with zero attached hydrogens (tertiary/aromatic N) is 1. The zero-order chi connectivity index (χ0) is 7.98. The zero-order valence-electron chi connectivity index (χ0n) is 7.56. The molecule has 0 aromatic carbocycles. The van der Waals surface area contributed by atoms with Gasteiger partial charge in [0.25, 0.3) is 0 Å². The predicted octanol–water partition coefficient (Wildman–Crippen LogP) is 2.33. The molecule has 0 saturated carbocycles. The molecule has 61 valence electrons. The first-order valence-corrected chi connectivity index (χ1v) is 4.29. The molecule has 0 aliphatic rings. The van der Waals surface area contributed by atoms with Crippen molar-refractivity contribution in [1.82, 2.24) is 4.90 Å². The molecular weight excluding hydrogens is 122 g/mol. The van der Waals surface area contributed by atoms with Gasteiger partial charge >= 0.3 is 0 Å². The van der Waals surface area contributed by atoms with Crippen LogP contribution in [0.2, 0.25) is 0 Å². The average Bonchev–Trinajstić information content (AvgIpc) is 1.87. The third kappa shape index (κ3) is 3.89. The molecule has 1 heteroatoms. The van der Waals surface area contributed by atoms with Crippen molar-refractivity contribution in [1.29, 1.82) is 0 Å². The topological polar surface area (TPSA) is 3.24 Å². The Bertz CT molecular complexity index is 63.1. The molecule has 1 atom stereocenters.